The van der Waals surface area contributed by atoms with Gasteiger partial charge in [0.25, 0.3) is 0 Å². The summed E-state index contributed by atoms with van der Waals surface area (Å²) in [4.78, 5) is 24.9. The van der Waals surface area contributed by atoms with E-state index in [1.54, 1.807) is 24.6 Å². The molecule has 0 radical (unpaired) electrons. The van der Waals surface area contributed by atoms with E-state index in [9.17, 15) is 4.79 Å². The summed E-state index contributed by atoms with van der Waals surface area (Å²) in [5, 5.41) is 3.95. The highest BCUT2D eigenvalue weighted by Crippen LogP contribution is 2.31. The molecule has 0 spiro atoms. The van der Waals surface area contributed by atoms with Crippen LogP contribution >= 0.6 is 11.3 Å². The molecule has 26 heavy (non-hydrogen) atoms. The largest absolute Gasteiger partial charge is 0.495 e. The van der Waals surface area contributed by atoms with Crippen LogP contribution in [0.1, 0.15) is 12.8 Å². The maximum absolute atomic E-state index is 12.8. The van der Waals surface area contributed by atoms with E-state index in [2.05, 4.69) is 20.2 Å². The van der Waals surface area contributed by atoms with Crippen molar-refractivity contribution in [3.63, 3.8) is 0 Å². The Morgan fingerprint density at radius 2 is 2.19 bits per heavy atom. The third-order valence-electron chi connectivity index (χ3n) is 4.58. The first-order valence-electron chi connectivity index (χ1n) is 8.65. The van der Waals surface area contributed by atoms with Gasteiger partial charge in [0.15, 0.2) is 5.13 Å². The summed E-state index contributed by atoms with van der Waals surface area (Å²) in [6.07, 6.45) is 3.62. The number of nitrogens with zero attached hydrogens (tertiary/aromatic N) is 3. The molecular formula is C19H20N4O2S. The van der Waals surface area contributed by atoms with E-state index in [0.717, 1.165) is 34.9 Å². The molecule has 3 heterocycles. The molecule has 1 aromatic carbocycles. The van der Waals surface area contributed by atoms with Gasteiger partial charge in [0.05, 0.1) is 18.7 Å². The second kappa shape index (κ2) is 7.29. The first-order chi connectivity index (χ1) is 12.7. The van der Waals surface area contributed by atoms with Gasteiger partial charge in [0.2, 0.25) is 5.91 Å². The van der Waals surface area contributed by atoms with Crippen LogP contribution in [0.5, 0.6) is 5.75 Å². The highest BCUT2D eigenvalue weighted by Gasteiger charge is 2.28. The fraction of sp³-hybridized carbons (Fsp3) is 0.316. The summed E-state index contributed by atoms with van der Waals surface area (Å²) in [6, 6.07) is 11.3. The number of piperidine rings is 1. The number of methoxy groups -OCH3 is 1. The molecule has 2 aromatic heterocycles. The van der Waals surface area contributed by atoms with Crippen molar-refractivity contribution in [3.8, 4) is 5.75 Å². The Bertz CT molecular complexity index is 894. The molecule has 1 N–H and O–H groups in total. The highest BCUT2D eigenvalue weighted by molar-refractivity contribution is 7.21. The van der Waals surface area contributed by atoms with Crippen molar-refractivity contribution in [1.29, 1.82) is 0 Å². The van der Waals surface area contributed by atoms with Crippen LogP contribution in [0.2, 0.25) is 0 Å². The highest BCUT2D eigenvalue weighted by atomic mass is 32.1. The summed E-state index contributed by atoms with van der Waals surface area (Å²) in [5.74, 6) is 0.623. The van der Waals surface area contributed by atoms with Gasteiger partial charge in [-0.3, -0.25) is 4.79 Å². The number of fused-ring (bicyclic) bond motifs is 1. The third-order valence-corrected chi connectivity index (χ3v) is 5.62. The number of benzene rings is 1. The zero-order valence-corrected chi connectivity index (χ0v) is 15.3. The van der Waals surface area contributed by atoms with Crippen LogP contribution < -0.4 is 15.0 Å². The number of carbonyl (C=O) groups excluding carboxylic acids is 1. The molecule has 1 atom stereocenters. The number of rotatable bonds is 4. The Kier molecular flexibility index (Phi) is 4.71. The minimum atomic E-state index is -0.0753. The van der Waals surface area contributed by atoms with E-state index in [-0.39, 0.29) is 11.8 Å². The predicted molar refractivity (Wildman–Crippen MR) is 104 cm³/mol. The number of amides is 1. The fourth-order valence-electron chi connectivity index (χ4n) is 3.24. The Balaban J connectivity index is 1.48. The first kappa shape index (κ1) is 16.8. The minimum absolute atomic E-state index is 0.0263. The van der Waals surface area contributed by atoms with Crippen molar-refractivity contribution >= 4 is 38.4 Å². The first-order valence-corrected chi connectivity index (χ1v) is 9.46. The zero-order chi connectivity index (χ0) is 17.9. The number of para-hydroxylation sites is 2. The van der Waals surface area contributed by atoms with Crippen molar-refractivity contribution in [2.45, 2.75) is 12.8 Å². The van der Waals surface area contributed by atoms with E-state index in [4.69, 9.17) is 4.74 Å². The number of pyridine rings is 1. The maximum atomic E-state index is 12.8. The van der Waals surface area contributed by atoms with Crippen LogP contribution in [0.3, 0.4) is 0 Å². The van der Waals surface area contributed by atoms with Crippen molar-refractivity contribution < 1.29 is 9.53 Å². The summed E-state index contributed by atoms with van der Waals surface area (Å²) >= 11 is 1.58. The number of ether oxygens (including phenoxy) is 1. The number of hydrogen-bond donors (Lipinski definition) is 1. The number of thiazole rings is 1. The van der Waals surface area contributed by atoms with Gasteiger partial charge in [-0.2, -0.15) is 0 Å². The van der Waals surface area contributed by atoms with Crippen molar-refractivity contribution in [2.75, 3.05) is 30.4 Å². The Morgan fingerprint density at radius 1 is 1.31 bits per heavy atom. The lowest BCUT2D eigenvalue weighted by molar-refractivity contribution is -0.120. The molecular weight excluding hydrogens is 348 g/mol. The molecule has 1 unspecified atom stereocenters. The minimum Gasteiger partial charge on any atom is -0.495 e. The van der Waals surface area contributed by atoms with Crippen molar-refractivity contribution in [1.82, 2.24) is 9.97 Å². The molecule has 3 aromatic rings. The number of nitrogens with one attached hydrogen (secondary N) is 1. The lowest BCUT2D eigenvalue weighted by atomic mass is 9.97. The monoisotopic (exact) mass is 368 g/mol. The van der Waals surface area contributed by atoms with Gasteiger partial charge in [-0.15, -0.1) is 0 Å². The fourth-order valence-corrected chi connectivity index (χ4v) is 4.18. The van der Waals surface area contributed by atoms with Crippen LogP contribution in [0, 0.1) is 5.92 Å². The molecule has 0 bridgehead atoms. The average Bonchev–Trinajstić information content (AvgIpc) is 3.13. The van der Waals surface area contributed by atoms with Gasteiger partial charge in [-0.1, -0.05) is 23.5 Å². The van der Waals surface area contributed by atoms with E-state index >= 15 is 0 Å². The van der Waals surface area contributed by atoms with E-state index in [1.807, 2.05) is 36.4 Å². The van der Waals surface area contributed by atoms with Gasteiger partial charge in [0, 0.05) is 19.3 Å². The predicted octanol–water partition coefficient (Wildman–Crippen LogP) is 3.56. The smallest absolute Gasteiger partial charge is 0.229 e. The van der Waals surface area contributed by atoms with Crippen molar-refractivity contribution in [3.05, 3.63) is 42.6 Å². The quantitative estimate of drug-likeness (QED) is 0.763. The molecule has 1 saturated heterocycles. The number of aromatic nitrogens is 2. The SMILES string of the molecule is COc1ccccc1NC(=O)C1CCCN(c2nc3cccnc3s2)C1. The number of anilines is 2. The summed E-state index contributed by atoms with van der Waals surface area (Å²) in [7, 11) is 1.61. The molecule has 0 aliphatic carbocycles. The third kappa shape index (κ3) is 3.35. The molecule has 1 aliphatic heterocycles. The van der Waals surface area contributed by atoms with Crippen LogP contribution in [0.15, 0.2) is 42.6 Å². The lowest BCUT2D eigenvalue weighted by Gasteiger charge is -2.31. The molecule has 7 heteroatoms. The van der Waals surface area contributed by atoms with Crippen LogP contribution in [0.4, 0.5) is 10.8 Å². The molecule has 0 saturated carbocycles. The average molecular weight is 368 g/mol. The maximum Gasteiger partial charge on any atom is 0.229 e. The molecule has 4 rings (SSSR count). The summed E-state index contributed by atoms with van der Waals surface area (Å²) in [5.41, 5.74) is 1.62. The van der Waals surface area contributed by atoms with Crippen molar-refractivity contribution in [2.24, 2.45) is 5.92 Å². The molecule has 1 aliphatic rings. The Morgan fingerprint density at radius 3 is 3.04 bits per heavy atom. The summed E-state index contributed by atoms with van der Waals surface area (Å²) in [6.45, 7) is 1.58. The Labute approximate surface area is 155 Å². The van der Waals surface area contributed by atoms with E-state index in [1.165, 1.54) is 0 Å². The van der Waals surface area contributed by atoms with Crippen LogP contribution in [0.25, 0.3) is 10.3 Å². The normalized spacial score (nSPS) is 17.3. The van der Waals surface area contributed by atoms with Crippen LogP contribution in [-0.2, 0) is 4.79 Å². The number of hydrogen-bond acceptors (Lipinski definition) is 6. The van der Waals surface area contributed by atoms with Gasteiger partial charge < -0.3 is 15.0 Å². The topological polar surface area (TPSA) is 67.3 Å². The molecule has 6 nitrogen and oxygen atoms in total. The van der Waals surface area contributed by atoms with E-state index < -0.39 is 0 Å². The zero-order valence-electron chi connectivity index (χ0n) is 14.5. The lowest BCUT2D eigenvalue weighted by Crippen LogP contribution is -2.40. The van der Waals surface area contributed by atoms with Crippen LogP contribution in [-0.4, -0.2) is 36.1 Å². The van der Waals surface area contributed by atoms with Gasteiger partial charge >= 0.3 is 0 Å². The van der Waals surface area contributed by atoms with E-state index in [0.29, 0.717) is 18.0 Å². The van der Waals surface area contributed by atoms with Gasteiger partial charge in [-0.25, -0.2) is 9.97 Å². The molecule has 134 valence electrons. The van der Waals surface area contributed by atoms with Gasteiger partial charge in [0.1, 0.15) is 16.1 Å². The summed E-state index contributed by atoms with van der Waals surface area (Å²) < 4.78 is 5.32. The molecule has 1 fully saturated rings. The Hall–Kier alpha value is -2.67. The number of carbonyl (C=O) groups is 1. The second-order valence-corrected chi connectivity index (χ2v) is 7.25. The standard InChI is InChI=1S/C19H20N4O2S/c1-25-16-9-3-2-7-14(16)21-17(24)13-6-5-11-23(12-13)19-22-15-8-4-10-20-18(15)26-19/h2-4,7-10,13H,5-6,11-12H2,1H3,(H,21,24). The second-order valence-electron chi connectivity index (χ2n) is 6.30. The molecule has 1 amide bonds. The van der Waals surface area contributed by atoms with Gasteiger partial charge in [-0.05, 0) is 37.1 Å².